The number of ketones is 1. The third kappa shape index (κ3) is 5.97. The molecule has 1 heterocycles. The van der Waals surface area contributed by atoms with E-state index in [-0.39, 0.29) is 17.3 Å². The molecule has 1 aliphatic heterocycles. The van der Waals surface area contributed by atoms with Gasteiger partial charge in [-0.05, 0) is 50.6 Å². The molecule has 4 atom stereocenters. The van der Waals surface area contributed by atoms with Crippen molar-refractivity contribution in [3.05, 3.63) is 65.7 Å². The van der Waals surface area contributed by atoms with Gasteiger partial charge >= 0.3 is 0 Å². The normalized spacial score (nSPS) is 18.7. The molecule has 2 aromatic rings. The number of thioether (sulfide) groups is 1. The van der Waals surface area contributed by atoms with E-state index in [0.717, 1.165) is 0 Å². The summed E-state index contributed by atoms with van der Waals surface area (Å²) in [5.41, 5.74) is 13.1. The predicted octanol–water partition coefficient (Wildman–Crippen LogP) is 1.94. The van der Waals surface area contributed by atoms with E-state index in [0.29, 0.717) is 17.0 Å². The number of nitrogens with two attached hydrogens (primary N) is 2. The molecule has 3 unspecified atom stereocenters. The van der Waals surface area contributed by atoms with Crippen molar-refractivity contribution in [2.45, 2.75) is 44.5 Å². The lowest BCUT2D eigenvalue weighted by atomic mass is 9.82. The molecule has 2 aromatic carbocycles. The second kappa shape index (κ2) is 10.6. The van der Waals surface area contributed by atoms with Crippen molar-refractivity contribution in [3.63, 3.8) is 0 Å². The summed E-state index contributed by atoms with van der Waals surface area (Å²) in [4.78, 5) is 41.1. The third-order valence-corrected chi connectivity index (χ3v) is 6.64. The maximum absolute atomic E-state index is 13.5. The van der Waals surface area contributed by atoms with Gasteiger partial charge in [0.25, 0.3) is 5.91 Å². The zero-order valence-electron chi connectivity index (χ0n) is 19.6. The Kier molecular flexibility index (Phi) is 8.01. The molecular weight excluding hydrogens is 452 g/mol. The number of carbonyl (C=O) groups is 3. The van der Waals surface area contributed by atoms with Crippen molar-refractivity contribution in [2.24, 2.45) is 11.7 Å². The highest BCUT2D eigenvalue weighted by molar-refractivity contribution is 7.99. The Hall–Kier alpha value is -2.88. The summed E-state index contributed by atoms with van der Waals surface area (Å²) in [6.07, 6.45) is -1.73. The smallest absolute Gasteiger partial charge is 0.253 e. The Morgan fingerprint density at radius 2 is 1.71 bits per heavy atom. The lowest BCUT2D eigenvalue weighted by molar-refractivity contribution is -0.147. The van der Waals surface area contributed by atoms with Gasteiger partial charge in [0.1, 0.15) is 12.1 Å². The molecule has 182 valence electrons. The minimum absolute atomic E-state index is 0.238. The third-order valence-electron chi connectivity index (χ3n) is 5.63. The number of hydrogen-bond donors (Lipinski definition) is 4. The molecule has 0 bridgehead atoms. The number of rotatable bonds is 7. The molecule has 0 radical (unpaired) electrons. The molecule has 0 saturated carbocycles. The number of Topliss-reactive ketones (excluding diaryl/α,β-unsaturated/α-hetero) is 1. The molecule has 0 aliphatic carbocycles. The van der Waals surface area contributed by atoms with E-state index in [1.165, 1.54) is 16.7 Å². The second-order valence-corrected chi connectivity index (χ2v) is 10.5. The predicted molar refractivity (Wildman–Crippen MR) is 134 cm³/mol. The number of benzene rings is 2. The van der Waals surface area contributed by atoms with E-state index < -0.39 is 41.3 Å². The Morgan fingerprint density at radius 3 is 2.29 bits per heavy atom. The van der Waals surface area contributed by atoms with Gasteiger partial charge in [-0.2, -0.15) is 0 Å². The van der Waals surface area contributed by atoms with Crippen LogP contribution in [-0.4, -0.2) is 56.9 Å². The first-order valence-corrected chi connectivity index (χ1v) is 12.2. The van der Waals surface area contributed by atoms with Crippen LogP contribution in [0.1, 0.15) is 42.7 Å². The Morgan fingerprint density at radius 1 is 1.09 bits per heavy atom. The molecule has 3 rings (SSSR count). The summed E-state index contributed by atoms with van der Waals surface area (Å²) in [6, 6.07) is 13.4. The van der Waals surface area contributed by atoms with Crippen molar-refractivity contribution >= 4 is 35.0 Å². The van der Waals surface area contributed by atoms with E-state index in [1.54, 1.807) is 48.5 Å². The number of aliphatic hydroxyl groups excluding tert-OH is 1. The SMILES string of the molecule is CC(C)(C)NC(=O)[C@@H]1CSCN1C(=O)C(O)C(C(=O)c1ccc(N)cc1)C(N)c1ccccc1. The number of nitrogens with one attached hydrogen (secondary N) is 1. The lowest BCUT2D eigenvalue weighted by Gasteiger charge is -2.32. The van der Waals surface area contributed by atoms with Crippen LogP contribution in [0.15, 0.2) is 54.6 Å². The first kappa shape index (κ1) is 25.7. The van der Waals surface area contributed by atoms with Crippen LogP contribution < -0.4 is 16.8 Å². The van der Waals surface area contributed by atoms with Crippen molar-refractivity contribution in [3.8, 4) is 0 Å². The summed E-state index contributed by atoms with van der Waals surface area (Å²) in [6.45, 7) is 5.57. The van der Waals surface area contributed by atoms with Crippen molar-refractivity contribution in [1.29, 1.82) is 0 Å². The monoisotopic (exact) mass is 484 g/mol. The minimum Gasteiger partial charge on any atom is -0.399 e. The quantitative estimate of drug-likeness (QED) is 0.348. The fraction of sp³-hybridized carbons (Fsp3) is 0.400. The highest BCUT2D eigenvalue weighted by Gasteiger charge is 2.44. The molecule has 6 N–H and O–H groups in total. The Balaban J connectivity index is 1.91. The summed E-state index contributed by atoms with van der Waals surface area (Å²) in [7, 11) is 0. The molecule has 0 spiro atoms. The molecule has 1 aliphatic rings. The standard InChI is InChI=1S/C25H32N4O4S/c1-25(2,3)28-23(32)18-13-34-14-29(18)24(33)22(31)19(20(27)15-7-5-4-6-8-15)21(30)16-9-11-17(26)12-10-16/h4-12,18-20,22,31H,13-14,26-27H2,1-3H3,(H,28,32)/t18-,19?,20?,22?/m0/s1. The largest absolute Gasteiger partial charge is 0.399 e. The second-order valence-electron chi connectivity index (χ2n) is 9.46. The van der Waals surface area contributed by atoms with Gasteiger partial charge < -0.3 is 26.8 Å². The molecule has 8 nitrogen and oxygen atoms in total. The van der Waals surface area contributed by atoms with Crippen LogP contribution in [0.2, 0.25) is 0 Å². The van der Waals surface area contributed by atoms with Gasteiger partial charge in [0.2, 0.25) is 5.91 Å². The Bertz CT molecular complexity index is 1020. The molecule has 2 amide bonds. The van der Waals surface area contributed by atoms with E-state index in [2.05, 4.69) is 5.32 Å². The van der Waals surface area contributed by atoms with Gasteiger partial charge in [0, 0.05) is 28.6 Å². The maximum Gasteiger partial charge on any atom is 0.253 e. The number of hydrogen-bond acceptors (Lipinski definition) is 7. The van der Waals surface area contributed by atoms with Gasteiger partial charge in [-0.15, -0.1) is 11.8 Å². The number of amides is 2. The van der Waals surface area contributed by atoms with Crippen LogP contribution in [0.3, 0.4) is 0 Å². The molecule has 1 fully saturated rings. The maximum atomic E-state index is 13.5. The van der Waals surface area contributed by atoms with Crippen LogP contribution in [0.5, 0.6) is 0 Å². The summed E-state index contributed by atoms with van der Waals surface area (Å²) >= 11 is 1.42. The van der Waals surface area contributed by atoms with Crippen molar-refractivity contribution in [1.82, 2.24) is 10.2 Å². The fourth-order valence-electron chi connectivity index (χ4n) is 3.88. The van der Waals surface area contributed by atoms with Gasteiger partial charge in [-0.1, -0.05) is 30.3 Å². The lowest BCUT2D eigenvalue weighted by Crippen LogP contribution is -2.56. The summed E-state index contributed by atoms with van der Waals surface area (Å²) < 4.78 is 0. The molecule has 0 aromatic heterocycles. The molecule has 1 saturated heterocycles. The zero-order valence-corrected chi connectivity index (χ0v) is 20.4. The first-order chi connectivity index (χ1) is 16.0. The number of nitrogen functional groups attached to an aromatic ring is 1. The van der Waals surface area contributed by atoms with E-state index in [1.807, 2.05) is 26.8 Å². The van der Waals surface area contributed by atoms with Crippen molar-refractivity contribution in [2.75, 3.05) is 17.4 Å². The molecule has 9 heteroatoms. The van der Waals surface area contributed by atoms with Crippen LogP contribution >= 0.6 is 11.8 Å². The topological polar surface area (TPSA) is 139 Å². The minimum atomic E-state index is -1.73. The van der Waals surface area contributed by atoms with Gasteiger partial charge in [0.15, 0.2) is 5.78 Å². The number of carbonyl (C=O) groups excluding carboxylic acids is 3. The molecular formula is C25H32N4O4S. The number of nitrogens with zero attached hydrogens (tertiary/aromatic N) is 1. The van der Waals surface area contributed by atoms with Crippen LogP contribution in [0.25, 0.3) is 0 Å². The Labute approximate surface area is 204 Å². The number of anilines is 1. The molecule has 34 heavy (non-hydrogen) atoms. The summed E-state index contributed by atoms with van der Waals surface area (Å²) in [5, 5.41) is 14.1. The average molecular weight is 485 g/mol. The van der Waals surface area contributed by atoms with Crippen LogP contribution in [-0.2, 0) is 9.59 Å². The van der Waals surface area contributed by atoms with Gasteiger partial charge in [-0.25, -0.2) is 0 Å². The van der Waals surface area contributed by atoms with E-state index >= 15 is 0 Å². The van der Waals surface area contributed by atoms with E-state index in [9.17, 15) is 19.5 Å². The number of aliphatic hydroxyl groups is 1. The van der Waals surface area contributed by atoms with Crippen LogP contribution in [0.4, 0.5) is 5.69 Å². The first-order valence-electron chi connectivity index (χ1n) is 11.1. The average Bonchev–Trinajstić information content (AvgIpc) is 3.28. The summed E-state index contributed by atoms with van der Waals surface area (Å²) in [5.74, 6) is -2.08. The fourth-order valence-corrected chi connectivity index (χ4v) is 5.04. The highest BCUT2D eigenvalue weighted by atomic mass is 32.2. The van der Waals surface area contributed by atoms with Gasteiger partial charge in [0.05, 0.1) is 11.8 Å². The zero-order chi connectivity index (χ0) is 25.0. The van der Waals surface area contributed by atoms with E-state index in [4.69, 9.17) is 11.5 Å². The van der Waals surface area contributed by atoms with Crippen molar-refractivity contribution < 1.29 is 19.5 Å². The highest BCUT2D eigenvalue weighted by Crippen LogP contribution is 2.30. The van der Waals surface area contributed by atoms with Crippen LogP contribution in [0, 0.1) is 5.92 Å². The van der Waals surface area contributed by atoms with Gasteiger partial charge in [-0.3, -0.25) is 14.4 Å².